The van der Waals surface area contributed by atoms with Crippen LogP contribution in [0, 0.1) is 18.3 Å². The second kappa shape index (κ2) is 3.10. The van der Waals surface area contributed by atoms with Crippen LogP contribution in [0.15, 0.2) is 12.4 Å². The number of hydrogen-bond donors (Lipinski definition) is 2. The number of aromatic carboxylic acids is 1. The first-order valence-electron chi connectivity index (χ1n) is 4.25. The van der Waals surface area contributed by atoms with Gasteiger partial charge in [-0.15, -0.1) is 0 Å². The van der Waals surface area contributed by atoms with Gasteiger partial charge in [0.2, 0.25) is 0 Å². The van der Waals surface area contributed by atoms with Gasteiger partial charge in [-0.05, 0) is 12.5 Å². The van der Waals surface area contributed by atoms with E-state index in [2.05, 4.69) is 9.97 Å². The molecular formula is C10H7N3O2. The van der Waals surface area contributed by atoms with Crippen molar-refractivity contribution >= 4 is 17.0 Å². The van der Waals surface area contributed by atoms with E-state index >= 15 is 0 Å². The Kier molecular flexibility index (Phi) is 1.90. The van der Waals surface area contributed by atoms with Crippen LogP contribution in [0.25, 0.3) is 11.0 Å². The van der Waals surface area contributed by atoms with Crippen LogP contribution in [-0.4, -0.2) is 21.0 Å². The summed E-state index contributed by atoms with van der Waals surface area (Å²) in [6, 6.07) is 1.94. The average molecular weight is 201 g/mol. The molecule has 2 N–H and O–H groups in total. The molecule has 0 saturated heterocycles. The van der Waals surface area contributed by atoms with Crippen LogP contribution in [0.4, 0.5) is 0 Å². The lowest BCUT2D eigenvalue weighted by Gasteiger charge is -2.01. The second-order valence-corrected chi connectivity index (χ2v) is 3.16. The van der Waals surface area contributed by atoms with Crippen molar-refractivity contribution in [2.45, 2.75) is 6.92 Å². The summed E-state index contributed by atoms with van der Waals surface area (Å²) in [7, 11) is 0. The Morgan fingerprint density at radius 3 is 3.00 bits per heavy atom. The van der Waals surface area contributed by atoms with E-state index in [9.17, 15) is 4.79 Å². The monoisotopic (exact) mass is 201 g/mol. The Morgan fingerprint density at radius 2 is 2.40 bits per heavy atom. The number of carbonyl (C=O) groups is 1. The maximum absolute atomic E-state index is 11.1. The van der Waals surface area contributed by atoms with Crippen molar-refractivity contribution in [2.24, 2.45) is 0 Å². The molecule has 0 saturated carbocycles. The van der Waals surface area contributed by atoms with Crippen LogP contribution in [0.1, 0.15) is 21.5 Å². The van der Waals surface area contributed by atoms with Crippen molar-refractivity contribution in [1.82, 2.24) is 9.97 Å². The van der Waals surface area contributed by atoms with E-state index in [1.54, 1.807) is 6.92 Å². The molecule has 0 amide bonds. The molecule has 5 nitrogen and oxygen atoms in total. The zero-order chi connectivity index (χ0) is 11.0. The summed E-state index contributed by atoms with van der Waals surface area (Å²) < 4.78 is 0. The Morgan fingerprint density at radius 1 is 1.67 bits per heavy atom. The van der Waals surface area contributed by atoms with Crippen molar-refractivity contribution in [2.75, 3.05) is 0 Å². The van der Waals surface area contributed by atoms with Gasteiger partial charge in [0.25, 0.3) is 0 Å². The van der Waals surface area contributed by atoms with Gasteiger partial charge >= 0.3 is 5.97 Å². The summed E-state index contributed by atoms with van der Waals surface area (Å²) in [5, 5.41) is 18.3. The number of carboxylic acid groups (broad SMARTS) is 1. The van der Waals surface area contributed by atoms with Gasteiger partial charge in [-0.3, -0.25) is 0 Å². The highest BCUT2D eigenvalue weighted by atomic mass is 16.4. The smallest absolute Gasteiger partial charge is 0.336 e. The van der Waals surface area contributed by atoms with Crippen molar-refractivity contribution in [3.63, 3.8) is 0 Å². The first-order valence-corrected chi connectivity index (χ1v) is 4.25. The number of aryl methyl sites for hydroxylation is 1. The number of nitriles is 1. The largest absolute Gasteiger partial charge is 0.478 e. The van der Waals surface area contributed by atoms with Gasteiger partial charge in [-0.2, -0.15) is 5.26 Å². The molecule has 15 heavy (non-hydrogen) atoms. The normalized spacial score (nSPS) is 10.1. The van der Waals surface area contributed by atoms with Crippen molar-refractivity contribution in [3.05, 3.63) is 29.1 Å². The SMILES string of the molecule is Cc1cnc2[nH]cc(C#N)c2c1C(=O)O. The standard InChI is InChI=1S/C10H7N3O2/c1-5-3-12-9-8(7(5)10(14)15)6(2-11)4-13-9/h3-4H,1H3,(H,12,13)(H,14,15). The predicted molar refractivity (Wildman–Crippen MR) is 52.5 cm³/mol. The molecule has 2 heterocycles. The molecule has 0 radical (unpaired) electrons. The highest BCUT2D eigenvalue weighted by Gasteiger charge is 2.17. The van der Waals surface area contributed by atoms with Gasteiger partial charge in [0.1, 0.15) is 11.7 Å². The summed E-state index contributed by atoms with van der Waals surface area (Å²) in [6.45, 7) is 1.66. The van der Waals surface area contributed by atoms with Crippen LogP contribution >= 0.6 is 0 Å². The van der Waals surface area contributed by atoms with E-state index in [-0.39, 0.29) is 5.56 Å². The molecule has 0 bridgehead atoms. The maximum Gasteiger partial charge on any atom is 0.336 e. The minimum absolute atomic E-state index is 0.137. The molecular weight excluding hydrogens is 194 g/mol. The number of carboxylic acids is 1. The third kappa shape index (κ3) is 1.23. The minimum atomic E-state index is -1.05. The van der Waals surface area contributed by atoms with E-state index in [4.69, 9.17) is 10.4 Å². The molecule has 0 unspecified atom stereocenters. The predicted octanol–water partition coefficient (Wildman–Crippen LogP) is 1.44. The lowest BCUT2D eigenvalue weighted by atomic mass is 10.1. The number of hydrogen-bond acceptors (Lipinski definition) is 3. The maximum atomic E-state index is 11.1. The van der Waals surface area contributed by atoms with E-state index in [0.29, 0.717) is 22.2 Å². The highest BCUT2D eigenvalue weighted by molar-refractivity contribution is 6.05. The summed E-state index contributed by atoms with van der Waals surface area (Å²) in [4.78, 5) is 17.8. The van der Waals surface area contributed by atoms with Gasteiger partial charge < -0.3 is 10.1 Å². The number of aromatic amines is 1. The number of aromatic nitrogens is 2. The fourth-order valence-electron chi connectivity index (χ4n) is 1.55. The summed E-state index contributed by atoms with van der Waals surface area (Å²) in [6.07, 6.45) is 2.94. The molecule has 2 rings (SSSR count). The molecule has 2 aromatic rings. The van der Waals surface area contributed by atoms with E-state index < -0.39 is 5.97 Å². The van der Waals surface area contributed by atoms with E-state index in [1.165, 1.54) is 12.4 Å². The van der Waals surface area contributed by atoms with Crippen molar-refractivity contribution in [3.8, 4) is 6.07 Å². The zero-order valence-electron chi connectivity index (χ0n) is 7.90. The molecule has 0 spiro atoms. The number of nitrogens with one attached hydrogen (secondary N) is 1. The van der Waals surface area contributed by atoms with Crippen LogP contribution in [0.5, 0.6) is 0 Å². The molecule has 0 fully saturated rings. The molecule has 0 atom stereocenters. The Bertz CT molecular complexity index is 592. The summed E-state index contributed by atoms with van der Waals surface area (Å²) in [5.41, 5.74) is 1.41. The quantitative estimate of drug-likeness (QED) is 0.730. The minimum Gasteiger partial charge on any atom is -0.478 e. The molecule has 0 aliphatic rings. The fourth-order valence-corrected chi connectivity index (χ4v) is 1.55. The molecule has 0 aromatic carbocycles. The van der Waals surface area contributed by atoms with Crippen LogP contribution < -0.4 is 0 Å². The van der Waals surface area contributed by atoms with Crippen LogP contribution in [-0.2, 0) is 0 Å². The first kappa shape index (κ1) is 9.21. The van der Waals surface area contributed by atoms with E-state index in [0.717, 1.165) is 0 Å². The molecule has 0 aliphatic heterocycles. The molecule has 0 aliphatic carbocycles. The van der Waals surface area contributed by atoms with E-state index in [1.807, 2.05) is 6.07 Å². The van der Waals surface area contributed by atoms with Gasteiger partial charge in [0, 0.05) is 12.4 Å². The second-order valence-electron chi connectivity index (χ2n) is 3.16. The van der Waals surface area contributed by atoms with Crippen molar-refractivity contribution < 1.29 is 9.90 Å². The van der Waals surface area contributed by atoms with Gasteiger partial charge in [0.05, 0.1) is 16.5 Å². The third-order valence-corrected chi connectivity index (χ3v) is 2.23. The summed E-state index contributed by atoms with van der Waals surface area (Å²) in [5.74, 6) is -1.05. The topological polar surface area (TPSA) is 89.8 Å². The molecule has 5 heteroatoms. The fraction of sp³-hybridized carbons (Fsp3) is 0.100. The highest BCUT2D eigenvalue weighted by Crippen LogP contribution is 2.22. The first-order chi connectivity index (χ1) is 7.15. The number of fused-ring (bicyclic) bond motifs is 1. The zero-order valence-corrected chi connectivity index (χ0v) is 7.90. The Hall–Kier alpha value is -2.35. The van der Waals surface area contributed by atoms with Crippen LogP contribution in [0.3, 0.4) is 0 Å². The molecule has 2 aromatic heterocycles. The van der Waals surface area contributed by atoms with Gasteiger partial charge in [-0.1, -0.05) is 0 Å². The number of nitrogens with zero attached hydrogens (tertiary/aromatic N) is 2. The van der Waals surface area contributed by atoms with Crippen LogP contribution in [0.2, 0.25) is 0 Å². The Balaban J connectivity index is 2.97. The molecule has 74 valence electrons. The Labute approximate surface area is 85.0 Å². The third-order valence-electron chi connectivity index (χ3n) is 2.23. The van der Waals surface area contributed by atoms with Crippen molar-refractivity contribution in [1.29, 1.82) is 5.26 Å². The lowest BCUT2D eigenvalue weighted by molar-refractivity contribution is 0.0698. The lowest BCUT2D eigenvalue weighted by Crippen LogP contribution is -2.02. The van der Waals surface area contributed by atoms with Gasteiger partial charge in [-0.25, -0.2) is 9.78 Å². The van der Waals surface area contributed by atoms with Gasteiger partial charge in [0.15, 0.2) is 0 Å². The number of H-pyrrole nitrogens is 1. The summed E-state index contributed by atoms with van der Waals surface area (Å²) >= 11 is 0. The average Bonchev–Trinajstić information content (AvgIpc) is 2.59. The number of rotatable bonds is 1. The number of pyridine rings is 1.